The van der Waals surface area contributed by atoms with Crippen LogP contribution in [0, 0.1) is 18.3 Å². The zero-order valence-corrected chi connectivity index (χ0v) is 15.6. The molecule has 1 atom stereocenters. The molecular formula is C18H27N3O2S. The fourth-order valence-electron chi connectivity index (χ4n) is 3.71. The molecule has 1 saturated carbocycles. The van der Waals surface area contributed by atoms with Crippen LogP contribution >= 0.6 is 11.5 Å². The Morgan fingerprint density at radius 1 is 1.38 bits per heavy atom. The monoisotopic (exact) mass is 349 g/mol. The van der Waals surface area contributed by atoms with Crippen LogP contribution in [0.5, 0.6) is 0 Å². The van der Waals surface area contributed by atoms with Crippen LogP contribution in [0.1, 0.15) is 62.0 Å². The van der Waals surface area contributed by atoms with Gasteiger partial charge >= 0.3 is 0 Å². The van der Waals surface area contributed by atoms with Crippen molar-refractivity contribution in [3.8, 4) is 0 Å². The van der Waals surface area contributed by atoms with Gasteiger partial charge in [0.2, 0.25) is 5.91 Å². The molecular weight excluding hydrogens is 322 g/mol. The Labute approximate surface area is 148 Å². The minimum Gasteiger partial charge on any atom is -0.347 e. The lowest BCUT2D eigenvalue weighted by Gasteiger charge is -2.30. The molecule has 0 bridgehead atoms. The van der Waals surface area contributed by atoms with Crippen LogP contribution in [0.15, 0.2) is 5.38 Å². The van der Waals surface area contributed by atoms with Crippen molar-refractivity contribution in [1.82, 2.24) is 14.6 Å². The summed E-state index contributed by atoms with van der Waals surface area (Å²) in [4.78, 5) is 27.5. The van der Waals surface area contributed by atoms with Gasteiger partial charge in [0.15, 0.2) is 0 Å². The van der Waals surface area contributed by atoms with E-state index < -0.39 is 0 Å². The van der Waals surface area contributed by atoms with Gasteiger partial charge in [-0.3, -0.25) is 9.59 Å². The van der Waals surface area contributed by atoms with E-state index in [1.54, 1.807) is 5.38 Å². The summed E-state index contributed by atoms with van der Waals surface area (Å²) >= 11 is 1.31. The largest absolute Gasteiger partial charge is 0.347 e. The summed E-state index contributed by atoms with van der Waals surface area (Å²) in [6.07, 6.45) is 5.02. The minimum absolute atomic E-state index is 0.0335. The van der Waals surface area contributed by atoms with Crippen LogP contribution in [-0.4, -0.2) is 40.2 Å². The summed E-state index contributed by atoms with van der Waals surface area (Å²) in [6.45, 7) is 7.60. The van der Waals surface area contributed by atoms with Crippen molar-refractivity contribution in [3.63, 3.8) is 0 Å². The molecule has 6 heteroatoms. The number of aromatic nitrogens is 1. The molecule has 132 valence electrons. The third-order valence-corrected chi connectivity index (χ3v) is 6.33. The van der Waals surface area contributed by atoms with Crippen LogP contribution < -0.4 is 5.32 Å². The number of nitrogens with one attached hydrogen (secondary N) is 1. The van der Waals surface area contributed by atoms with E-state index >= 15 is 0 Å². The van der Waals surface area contributed by atoms with E-state index in [1.807, 2.05) is 11.8 Å². The zero-order chi connectivity index (χ0) is 17.3. The summed E-state index contributed by atoms with van der Waals surface area (Å²) in [7, 11) is 0. The van der Waals surface area contributed by atoms with E-state index in [4.69, 9.17) is 0 Å². The van der Waals surface area contributed by atoms with Crippen molar-refractivity contribution in [1.29, 1.82) is 0 Å². The molecule has 2 heterocycles. The predicted octanol–water partition coefficient (Wildman–Crippen LogP) is 3.00. The maximum atomic E-state index is 13.0. The molecule has 0 aromatic carbocycles. The van der Waals surface area contributed by atoms with Crippen LogP contribution in [0.3, 0.4) is 0 Å². The average Bonchev–Trinajstić information content (AvgIpc) is 3.29. The minimum atomic E-state index is -0.132. The number of carbonyl (C=O) groups excluding carboxylic acids is 2. The number of rotatable bonds is 4. The average molecular weight is 350 g/mol. The summed E-state index contributed by atoms with van der Waals surface area (Å²) in [5.41, 5.74) is 1.30. The van der Waals surface area contributed by atoms with Gasteiger partial charge in [0, 0.05) is 24.5 Å². The number of nitrogens with zero attached hydrogens (tertiary/aromatic N) is 2. The van der Waals surface area contributed by atoms with Gasteiger partial charge in [0.25, 0.3) is 5.91 Å². The van der Waals surface area contributed by atoms with Gasteiger partial charge in [-0.2, -0.15) is 4.37 Å². The Morgan fingerprint density at radius 2 is 2.12 bits per heavy atom. The highest BCUT2D eigenvalue weighted by Crippen LogP contribution is 2.53. The summed E-state index contributed by atoms with van der Waals surface area (Å²) < 4.78 is 4.17. The Morgan fingerprint density at radius 3 is 2.71 bits per heavy atom. The molecule has 0 spiro atoms. The second-order valence-corrected chi connectivity index (χ2v) is 8.17. The van der Waals surface area contributed by atoms with Gasteiger partial charge in [0.05, 0.1) is 16.7 Å². The molecule has 1 aromatic rings. The topological polar surface area (TPSA) is 62.3 Å². The van der Waals surface area contributed by atoms with Gasteiger partial charge in [-0.05, 0) is 56.5 Å². The summed E-state index contributed by atoms with van der Waals surface area (Å²) in [5, 5.41) is 4.92. The molecule has 1 N–H and O–H groups in total. The first-order valence-electron chi connectivity index (χ1n) is 8.95. The lowest BCUT2D eigenvalue weighted by atomic mass is 9.90. The van der Waals surface area contributed by atoms with E-state index in [1.165, 1.54) is 11.5 Å². The lowest BCUT2D eigenvalue weighted by molar-refractivity contribution is -0.138. The van der Waals surface area contributed by atoms with E-state index in [0.29, 0.717) is 23.9 Å². The van der Waals surface area contributed by atoms with Gasteiger partial charge in [-0.25, -0.2) is 0 Å². The molecule has 1 aliphatic heterocycles. The molecule has 2 aliphatic rings. The lowest BCUT2D eigenvalue weighted by Crippen LogP contribution is -2.47. The van der Waals surface area contributed by atoms with Gasteiger partial charge < -0.3 is 10.2 Å². The van der Waals surface area contributed by atoms with Crippen LogP contribution in [0.2, 0.25) is 0 Å². The maximum absolute atomic E-state index is 13.0. The second kappa shape index (κ2) is 6.82. The summed E-state index contributed by atoms with van der Waals surface area (Å²) in [5.74, 6) is 0.624. The van der Waals surface area contributed by atoms with Crippen LogP contribution in [0.25, 0.3) is 0 Å². The Bertz CT molecular complexity index is 622. The SMILES string of the molecule is Cc1nscc1C(=O)N[C@H]1CCCCN(C(=O)C2(C(C)C)CC2)C1. The molecule has 1 aromatic heterocycles. The third-order valence-electron chi connectivity index (χ3n) is 5.61. The van der Waals surface area contributed by atoms with Crippen molar-refractivity contribution in [2.75, 3.05) is 13.1 Å². The fourth-order valence-corrected chi connectivity index (χ4v) is 4.40. The molecule has 0 radical (unpaired) electrons. The highest BCUT2D eigenvalue weighted by atomic mass is 32.1. The number of likely N-dealkylation sites (tertiary alicyclic amines) is 1. The van der Waals surface area contributed by atoms with E-state index in [2.05, 4.69) is 23.5 Å². The molecule has 5 nitrogen and oxygen atoms in total. The number of hydrogen-bond donors (Lipinski definition) is 1. The predicted molar refractivity (Wildman–Crippen MR) is 95.0 cm³/mol. The van der Waals surface area contributed by atoms with E-state index in [9.17, 15) is 9.59 Å². The quantitative estimate of drug-likeness (QED) is 0.909. The van der Waals surface area contributed by atoms with Crippen molar-refractivity contribution in [2.24, 2.45) is 11.3 Å². The highest BCUT2D eigenvalue weighted by molar-refractivity contribution is 7.03. The first kappa shape index (κ1) is 17.4. The van der Waals surface area contributed by atoms with Gasteiger partial charge in [-0.1, -0.05) is 13.8 Å². The van der Waals surface area contributed by atoms with E-state index in [-0.39, 0.29) is 17.4 Å². The van der Waals surface area contributed by atoms with E-state index in [0.717, 1.165) is 44.3 Å². The molecule has 1 aliphatic carbocycles. The van der Waals surface area contributed by atoms with Gasteiger partial charge in [0.1, 0.15) is 0 Å². The molecule has 3 rings (SSSR count). The number of aryl methyl sites for hydroxylation is 1. The van der Waals surface area contributed by atoms with Crippen LogP contribution in [0.4, 0.5) is 0 Å². The number of carbonyl (C=O) groups is 2. The van der Waals surface area contributed by atoms with Crippen molar-refractivity contribution >= 4 is 23.3 Å². The second-order valence-electron chi connectivity index (χ2n) is 7.54. The number of hydrogen-bond acceptors (Lipinski definition) is 4. The highest BCUT2D eigenvalue weighted by Gasteiger charge is 2.53. The van der Waals surface area contributed by atoms with Crippen molar-refractivity contribution < 1.29 is 9.59 Å². The maximum Gasteiger partial charge on any atom is 0.254 e. The zero-order valence-electron chi connectivity index (χ0n) is 14.8. The fraction of sp³-hybridized carbons (Fsp3) is 0.722. The Balaban J connectivity index is 1.66. The molecule has 2 amide bonds. The van der Waals surface area contributed by atoms with Gasteiger partial charge in [-0.15, -0.1) is 0 Å². The molecule has 1 saturated heterocycles. The van der Waals surface area contributed by atoms with Crippen molar-refractivity contribution in [2.45, 2.75) is 58.9 Å². The molecule has 24 heavy (non-hydrogen) atoms. The van der Waals surface area contributed by atoms with Crippen molar-refractivity contribution in [3.05, 3.63) is 16.6 Å². The molecule has 0 unspecified atom stereocenters. The Hall–Kier alpha value is -1.43. The third kappa shape index (κ3) is 3.34. The summed E-state index contributed by atoms with van der Waals surface area (Å²) in [6, 6.07) is 0.0335. The Kier molecular flexibility index (Phi) is 4.95. The first-order valence-corrected chi connectivity index (χ1v) is 9.79. The van der Waals surface area contributed by atoms with Crippen LogP contribution in [-0.2, 0) is 4.79 Å². The standard InChI is InChI=1S/C18H27N3O2S/c1-12(2)18(7-8-18)17(23)21-9-5-4-6-14(10-21)19-16(22)15-11-24-20-13(15)3/h11-12,14H,4-10H2,1-3H3,(H,19,22)/t14-/m0/s1. The smallest absolute Gasteiger partial charge is 0.254 e. The molecule has 2 fully saturated rings. The first-order chi connectivity index (χ1) is 11.4. The number of amides is 2. The normalized spacial score (nSPS) is 23.0.